The summed E-state index contributed by atoms with van der Waals surface area (Å²) in [6, 6.07) is 4.13. The Morgan fingerprint density at radius 1 is 1.21 bits per heavy atom. The van der Waals surface area contributed by atoms with Gasteiger partial charge in [0.1, 0.15) is 0 Å². The number of hydrogen-bond acceptors (Lipinski definition) is 2. The average Bonchev–Trinajstić information content (AvgIpc) is 2.36. The molecule has 19 heavy (non-hydrogen) atoms. The third-order valence-electron chi connectivity index (χ3n) is 2.82. The van der Waals surface area contributed by atoms with Crippen LogP contribution in [0.1, 0.15) is 19.4 Å². The molecule has 1 aliphatic rings. The summed E-state index contributed by atoms with van der Waals surface area (Å²) < 4.78 is 0. The van der Waals surface area contributed by atoms with E-state index in [0.717, 1.165) is 21.8 Å². The molecule has 96 valence electrons. The molecule has 2 nitrogen and oxygen atoms in total. The predicted molar refractivity (Wildman–Crippen MR) is 83.0 cm³/mol. The van der Waals surface area contributed by atoms with Crippen LogP contribution in [0.4, 0.5) is 5.69 Å². The maximum absolute atomic E-state index is 4.47. The van der Waals surface area contributed by atoms with E-state index >= 15 is 0 Å². The van der Waals surface area contributed by atoms with Gasteiger partial charge in [0.25, 0.3) is 0 Å². The molecule has 0 N–H and O–H groups in total. The van der Waals surface area contributed by atoms with Crippen LogP contribution in [0.5, 0.6) is 0 Å². The molecule has 0 fully saturated rings. The zero-order valence-corrected chi connectivity index (χ0v) is 11.4. The highest BCUT2D eigenvalue weighted by Gasteiger charge is 2.02. The van der Waals surface area contributed by atoms with E-state index in [-0.39, 0.29) is 0 Å². The van der Waals surface area contributed by atoms with Crippen molar-refractivity contribution in [3.63, 3.8) is 0 Å². The standard InChI is InChI=1S/C17H18N2/c1-13(2)8-9-15-11-10-14-7-5-4-6-12-19-17(14)16(15)18-3/h4-13H,3H2,1-2H3. The van der Waals surface area contributed by atoms with E-state index in [1.165, 1.54) is 0 Å². The third kappa shape index (κ3) is 3.16. The third-order valence-corrected chi connectivity index (χ3v) is 2.82. The molecule has 0 atom stereocenters. The topological polar surface area (TPSA) is 24.7 Å². The van der Waals surface area contributed by atoms with E-state index in [4.69, 9.17) is 0 Å². The average molecular weight is 250 g/mol. The van der Waals surface area contributed by atoms with Crippen LogP contribution in [0.15, 0.2) is 52.6 Å². The highest BCUT2D eigenvalue weighted by molar-refractivity contribution is 5.66. The van der Waals surface area contributed by atoms with Crippen molar-refractivity contribution in [2.45, 2.75) is 13.8 Å². The van der Waals surface area contributed by atoms with Crippen LogP contribution >= 0.6 is 0 Å². The Bertz CT molecular complexity index is 674. The van der Waals surface area contributed by atoms with Crippen LogP contribution in [0, 0.1) is 5.92 Å². The fraction of sp³-hybridized carbons (Fsp3) is 0.176. The van der Waals surface area contributed by atoms with Crippen molar-refractivity contribution >= 4 is 24.6 Å². The van der Waals surface area contributed by atoms with Crippen LogP contribution in [0.25, 0.3) is 12.2 Å². The molecule has 0 bridgehead atoms. The van der Waals surface area contributed by atoms with E-state index in [0.29, 0.717) is 5.92 Å². The summed E-state index contributed by atoms with van der Waals surface area (Å²) >= 11 is 0. The number of nitrogens with zero attached hydrogens (tertiary/aromatic N) is 2. The highest BCUT2D eigenvalue weighted by atomic mass is 14.8. The molecule has 1 aromatic carbocycles. The monoisotopic (exact) mass is 250 g/mol. The second-order valence-electron chi connectivity index (χ2n) is 4.72. The molecule has 0 aromatic heterocycles. The molecule has 0 amide bonds. The summed E-state index contributed by atoms with van der Waals surface area (Å²) in [6.45, 7) is 7.98. The predicted octanol–water partition coefficient (Wildman–Crippen LogP) is 3.17. The fourth-order valence-electron chi connectivity index (χ4n) is 1.87. The Morgan fingerprint density at radius 2 is 2.05 bits per heavy atom. The number of benzene rings is 1. The van der Waals surface area contributed by atoms with Crippen LogP contribution in [0.2, 0.25) is 0 Å². The molecular formula is C17H18N2. The van der Waals surface area contributed by atoms with Crippen molar-refractivity contribution in [1.82, 2.24) is 0 Å². The normalized spacial score (nSPS) is 13.6. The molecule has 0 saturated carbocycles. The second-order valence-corrected chi connectivity index (χ2v) is 4.72. The molecule has 0 aliphatic carbocycles. The SMILES string of the molecule is C=Nc1c(C=CC(C)C)ccc2c1=NC=CC=CC=2. The van der Waals surface area contributed by atoms with E-state index in [1.54, 1.807) is 6.20 Å². The summed E-state index contributed by atoms with van der Waals surface area (Å²) in [4.78, 5) is 8.64. The fourth-order valence-corrected chi connectivity index (χ4v) is 1.87. The largest absolute Gasteiger partial charge is 0.262 e. The maximum Gasteiger partial charge on any atom is 0.0964 e. The zero-order valence-electron chi connectivity index (χ0n) is 11.4. The minimum atomic E-state index is 0.506. The minimum absolute atomic E-state index is 0.506. The van der Waals surface area contributed by atoms with Gasteiger partial charge in [0.05, 0.1) is 11.0 Å². The van der Waals surface area contributed by atoms with Crippen LogP contribution in [-0.2, 0) is 0 Å². The first-order valence-corrected chi connectivity index (χ1v) is 6.41. The lowest BCUT2D eigenvalue weighted by atomic mass is 10.1. The first kappa shape index (κ1) is 13.2. The van der Waals surface area contributed by atoms with Crippen molar-refractivity contribution < 1.29 is 0 Å². The summed E-state index contributed by atoms with van der Waals surface area (Å²) in [7, 11) is 0. The van der Waals surface area contributed by atoms with Gasteiger partial charge in [0.2, 0.25) is 0 Å². The smallest absolute Gasteiger partial charge is 0.0964 e. The van der Waals surface area contributed by atoms with Gasteiger partial charge in [-0.1, -0.05) is 56.4 Å². The summed E-state index contributed by atoms with van der Waals surface area (Å²) in [5.74, 6) is 0.506. The van der Waals surface area contributed by atoms with Crippen molar-refractivity contribution in [3.05, 3.63) is 58.8 Å². The molecule has 0 saturated heterocycles. The Kier molecular flexibility index (Phi) is 4.24. The van der Waals surface area contributed by atoms with Gasteiger partial charge in [-0.3, -0.25) is 9.98 Å². The number of allylic oxidation sites excluding steroid dienone is 4. The summed E-state index contributed by atoms with van der Waals surface area (Å²) in [6.07, 6.45) is 13.9. The Balaban J connectivity index is 2.69. The van der Waals surface area contributed by atoms with Crippen molar-refractivity contribution in [1.29, 1.82) is 0 Å². The first-order chi connectivity index (χ1) is 9.22. The molecule has 1 heterocycles. The number of aliphatic imine (C=N–C) groups is 1. The molecule has 1 aromatic rings. The van der Waals surface area contributed by atoms with Crippen LogP contribution < -0.4 is 10.6 Å². The minimum Gasteiger partial charge on any atom is -0.262 e. The van der Waals surface area contributed by atoms with Gasteiger partial charge in [0, 0.05) is 17.0 Å². The van der Waals surface area contributed by atoms with E-state index < -0.39 is 0 Å². The molecule has 0 unspecified atom stereocenters. The van der Waals surface area contributed by atoms with Crippen molar-refractivity contribution in [3.8, 4) is 0 Å². The van der Waals surface area contributed by atoms with Gasteiger partial charge in [-0.2, -0.15) is 0 Å². The van der Waals surface area contributed by atoms with Gasteiger partial charge < -0.3 is 0 Å². The zero-order chi connectivity index (χ0) is 13.7. The second kappa shape index (κ2) is 6.10. The maximum atomic E-state index is 4.47. The molecule has 2 rings (SSSR count). The van der Waals surface area contributed by atoms with Gasteiger partial charge in [-0.05, 0) is 18.7 Å². The molecule has 2 heteroatoms. The van der Waals surface area contributed by atoms with Crippen molar-refractivity contribution in [2.24, 2.45) is 15.9 Å². The Morgan fingerprint density at radius 3 is 2.79 bits per heavy atom. The number of hydrogen-bond donors (Lipinski definition) is 0. The van der Waals surface area contributed by atoms with E-state index in [9.17, 15) is 0 Å². The van der Waals surface area contributed by atoms with Crippen molar-refractivity contribution in [2.75, 3.05) is 0 Å². The summed E-state index contributed by atoms with van der Waals surface area (Å²) in [5, 5.41) is 1.94. The molecule has 0 radical (unpaired) electrons. The highest BCUT2D eigenvalue weighted by Crippen LogP contribution is 2.15. The van der Waals surface area contributed by atoms with Gasteiger partial charge in [0.15, 0.2) is 0 Å². The first-order valence-electron chi connectivity index (χ1n) is 6.41. The summed E-state index contributed by atoms with van der Waals surface area (Å²) in [5.41, 5.74) is 1.89. The van der Waals surface area contributed by atoms with Crippen LogP contribution in [-0.4, -0.2) is 6.72 Å². The van der Waals surface area contributed by atoms with Crippen LogP contribution in [0.3, 0.4) is 0 Å². The van der Waals surface area contributed by atoms with E-state index in [2.05, 4.69) is 54.8 Å². The Labute approximate surface area is 113 Å². The number of fused-ring (bicyclic) bond motifs is 1. The molecule has 0 spiro atoms. The van der Waals surface area contributed by atoms with Gasteiger partial charge in [-0.15, -0.1) is 0 Å². The Hall–Kier alpha value is -2.22. The lowest BCUT2D eigenvalue weighted by molar-refractivity contribution is 0.836. The van der Waals surface area contributed by atoms with Gasteiger partial charge >= 0.3 is 0 Å². The lowest BCUT2D eigenvalue weighted by Crippen LogP contribution is -2.25. The van der Waals surface area contributed by atoms with Gasteiger partial charge in [-0.25, -0.2) is 0 Å². The molecule has 1 aliphatic heterocycles. The quantitative estimate of drug-likeness (QED) is 0.736. The lowest BCUT2D eigenvalue weighted by Gasteiger charge is -2.03. The van der Waals surface area contributed by atoms with E-state index in [1.807, 2.05) is 24.3 Å². The number of rotatable bonds is 3. The molecular weight excluding hydrogens is 232 g/mol.